The molecule has 2 aromatic carbocycles. The van der Waals surface area contributed by atoms with Crippen molar-refractivity contribution in [3.8, 4) is 0 Å². The van der Waals surface area contributed by atoms with Gasteiger partial charge in [-0.25, -0.2) is 0 Å². The molecule has 35 heavy (non-hydrogen) atoms. The van der Waals surface area contributed by atoms with Crippen molar-refractivity contribution in [3.05, 3.63) is 71.3 Å². The number of carboxylic acid groups (broad SMARTS) is 1. The maximum atomic E-state index is 13.2. The number of aliphatic carboxylic acids is 1. The normalized spacial score (nSPS) is 19.0. The van der Waals surface area contributed by atoms with Crippen LogP contribution in [-0.2, 0) is 20.8 Å². The van der Waals surface area contributed by atoms with Crippen molar-refractivity contribution in [2.24, 2.45) is 5.73 Å². The van der Waals surface area contributed by atoms with Gasteiger partial charge in [0.1, 0.15) is 5.84 Å². The summed E-state index contributed by atoms with van der Waals surface area (Å²) in [6, 6.07) is 16.1. The second-order valence-corrected chi connectivity index (χ2v) is 9.13. The number of nitrogens with two attached hydrogens (primary N) is 1. The summed E-state index contributed by atoms with van der Waals surface area (Å²) in [6.07, 6.45) is 2.21. The van der Waals surface area contributed by atoms with Gasteiger partial charge in [-0.2, -0.15) is 0 Å². The van der Waals surface area contributed by atoms with Gasteiger partial charge in [0.2, 0.25) is 5.91 Å². The van der Waals surface area contributed by atoms with E-state index in [1.54, 1.807) is 19.1 Å². The molecule has 8 heteroatoms. The Kier molecular flexibility index (Phi) is 9.14. The zero-order valence-corrected chi connectivity index (χ0v) is 20.1. The molecule has 0 unspecified atom stereocenters. The highest BCUT2D eigenvalue weighted by atomic mass is 16.4. The molecule has 0 radical (unpaired) electrons. The Morgan fingerprint density at radius 2 is 1.80 bits per heavy atom. The summed E-state index contributed by atoms with van der Waals surface area (Å²) in [5.41, 5.74) is 8.24. The van der Waals surface area contributed by atoms with Gasteiger partial charge < -0.3 is 16.2 Å². The van der Waals surface area contributed by atoms with Gasteiger partial charge in [0.25, 0.3) is 0 Å². The highest BCUT2D eigenvalue weighted by molar-refractivity contribution is 5.95. The quantitative estimate of drug-likeness (QED) is 0.290. The van der Waals surface area contributed by atoms with E-state index in [1.807, 2.05) is 35.2 Å². The standard InChI is InChI=1S/C27H34N4O4/c1-18(24(32)12-9-19-7-10-21(11-8-19)26(28)29)30-27(35)23-17-22(20-5-3-2-4-6-20)13-15-31(23)16-14-25(33)34/h2-8,10-11,18,22-23H,9,12-17H2,1H3,(H3,28,29)(H,30,35)(H,33,34)/t18-,22-,23+/m0/s1. The number of hydrogen-bond donors (Lipinski definition) is 4. The molecule has 1 saturated heterocycles. The molecule has 1 amide bonds. The number of amides is 1. The number of benzene rings is 2. The first-order chi connectivity index (χ1) is 16.7. The molecule has 0 saturated carbocycles. The van der Waals surface area contributed by atoms with Gasteiger partial charge in [0.05, 0.1) is 18.5 Å². The molecule has 8 nitrogen and oxygen atoms in total. The Hall–Kier alpha value is -3.52. The third-order valence-corrected chi connectivity index (χ3v) is 6.67. The number of amidine groups is 1. The minimum Gasteiger partial charge on any atom is -0.481 e. The Morgan fingerprint density at radius 3 is 2.43 bits per heavy atom. The molecule has 186 valence electrons. The molecule has 1 heterocycles. The number of rotatable bonds is 11. The lowest BCUT2D eigenvalue weighted by atomic mass is 9.84. The maximum Gasteiger partial charge on any atom is 0.304 e. The van der Waals surface area contributed by atoms with Crippen molar-refractivity contribution in [2.45, 2.75) is 57.0 Å². The third kappa shape index (κ3) is 7.48. The summed E-state index contributed by atoms with van der Waals surface area (Å²) in [6.45, 7) is 2.62. The van der Waals surface area contributed by atoms with Crippen LogP contribution >= 0.6 is 0 Å². The number of likely N-dealkylation sites (tertiary alicyclic amines) is 1. The van der Waals surface area contributed by atoms with Gasteiger partial charge in [-0.05, 0) is 49.8 Å². The summed E-state index contributed by atoms with van der Waals surface area (Å²) in [5, 5.41) is 19.5. The van der Waals surface area contributed by atoms with Crippen molar-refractivity contribution >= 4 is 23.5 Å². The first-order valence-corrected chi connectivity index (χ1v) is 12.0. The molecule has 3 atom stereocenters. The lowest BCUT2D eigenvalue weighted by Crippen LogP contribution is -2.54. The molecule has 1 aliphatic heterocycles. The zero-order chi connectivity index (χ0) is 25.4. The smallest absolute Gasteiger partial charge is 0.304 e. The molecule has 0 bridgehead atoms. The van der Waals surface area contributed by atoms with E-state index in [-0.39, 0.29) is 36.3 Å². The lowest BCUT2D eigenvalue weighted by Gasteiger charge is -2.39. The number of nitrogens with zero attached hydrogens (tertiary/aromatic N) is 1. The Balaban J connectivity index is 1.60. The van der Waals surface area contributed by atoms with E-state index in [0.717, 1.165) is 12.0 Å². The van der Waals surface area contributed by atoms with Crippen LogP contribution in [0.15, 0.2) is 54.6 Å². The Bertz CT molecular complexity index is 1040. The summed E-state index contributed by atoms with van der Waals surface area (Å²) in [5.74, 6) is -0.992. The largest absolute Gasteiger partial charge is 0.481 e. The number of carbonyl (C=O) groups excluding carboxylic acids is 2. The van der Waals surface area contributed by atoms with Crippen molar-refractivity contribution in [1.29, 1.82) is 5.41 Å². The molecule has 5 N–H and O–H groups in total. The number of carboxylic acids is 1. The SMILES string of the molecule is C[C@H](NC(=O)[C@H]1C[C@@H](c2ccccc2)CCN1CCC(=O)O)C(=O)CCc1ccc(C(=N)N)cc1. The summed E-state index contributed by atoms with van der Waals surface area (Å²) in [4.78, 5) is 39.0. The monoisotopic (exact) mass is 478 g/mol. The van der Waals surface area contributed by atoms with Crippen LogP contribution < -0.4 is 11.1 Å². The van der Waals surface area contributed by atoms with Gasteiger partial charge in [0, 0.05) is 18.5 Å². The van der Waals surface area contributed by atoms with Gasteiger partial charge >= 0.3 is 5.97 Å². The van der Waals surface area contributed by atoms with Crippen LogP contribution in [0.25, 0.3) is 0 Å². The third-order valence-electron chi connectivity index (χ3n) is 6.67. The number of ketones is 1. The average molecular weight is 479 g/mol. The van der Waals surface area contributed by atoms with E-state index in [2.05, 4.69) is 17.4 Å². The first kappa shape index (κ1) is 26.1. The first-order valence-electron chi connectivity index (χ1n) is 12.0. The molecule has 2 aromatic rings. The molecule has 0 aromatic heterocycles. The Morgan fingerprint density at radius 1 is 1.11 bits per heavy atom. The van der Waals surface area contributed by atoms with Crippen LogP contribution in [0, 0.1) is 5.41 Å². The van der Waals surface area contributed by atoms with Crippen LogP contribution in [0.4, 0.5) is 0 Å². The van der Waals surface area contributed by atoms with Gasteiger partial charge in [-0.15, -0.1) is 0 Å². The van der Waals surface area contributed by atoms with E-state index >= 15 is 0 Å². The van der Waals surface area contributed by atoms with Gasteiger partial charge in [0.15, 0.2) is 5.78 Å². The van der Waals surface area contributed by atoms with E-state index in [9.17, 15) is 14.4 Å². The number of piperidine rings is 1. The predicted octanol–water partition coefficient (Wildman–Crippen LogP) is 2.70. The van der Waals surface area contributed by atoms with Crippen LogP contribution in [-0.4, -0.2) is 58.7 Å². The number of carbonyl (C=O) groups is 3. The van der Waals surface area contributed by atoms with Gasteiger partial charge in [-0.3, -0.25) is 24.7 Å². The molecule has 1 aliphatic rings. The fourth-order valence-corrected chi connectivity index (χ4v) is 4.55. The molecule has 3 rings (SSSR count). The van der Waals surface area contributed by atoms with Crippen molar-refractivity contribution in [1.82, 2.24) is 10.2 Å². The minimum atomic E-state index is -0.894. The number of aryl methyl sites for hydroxylation is 1. The number of hydrogen-bond acceptors (Lipinski definition) is 5. The number of nitrogen functional groups attached to an aromatic ring is 1. The zero-order valence-electron chi connectivity index (χ0n) is 20.1. The highest BCUT2D eigenvalue weighted by Gasteiger charge is 2.35. The highest BCUT2D eigenvalue weighted by Crippen LogP contribution is 2.31. The predicted molar refractivity (Wildman–Crippen MR) is 134 cm³/mol. The van der Waals surface area contributed by atoms with E-state index in [1.165, 1.54) is 5.56 Å². The summed E-state index contributed by atoms with van der Waals surface area (Å²) < 4.78 is 0. The van der Waals surface area contributed by atoms with Crippen molar-refractivity contribution in [2.75, 3.05) is 13.1 Å². The lowest BCUT2D eigenvalue weighted by molar-refractivity contribution is -0.139. The van der Waals surface area contributed by atoms with E-state index < -0.39 is 18.1 Å². The second kappa shape index (κ2) is 12.3. The van der Waals surface area contributed by atoms with Crippen molar-refractivity contribution < 1.29 is 19.5 Å². The second-order valence-electron chi connectivity index (χ2n) is 9.13. The Labute approximate surface area is 206 Å². The maximum absolute atomic E-state index is 13.2. The summed E-state index contributed by atoms with van der Waals surface area (Å²) in [7, 11) is 0. The molecule has 1 fully saturated rings. The molecule has 0 spiro atoms. The van der Waals surface area contributed by atoms with Crippen LogP contribution in [0.3, 0.4) is 0 Å². The van der Waals surface area contributed by atoms with Crippen LogP contribution in [0.1, 0.15) is 55.2 Å². The molecular formula is C27H34N4O4. The summed E-state index contributed by atoms with van der Waals surface area (Å²) >= 11 is 0. The van der Waals surface area contributed by atoms with Gasteiger partial charge in [-0.1, -0.05) is 54.6 Å². The average Bonchev–Trinajstić information content (AvgIpc) is 2.86. The molecule has 0 aliphatic carbocycles. The fourth-order valence-electron chi connectivity index (χ4n) is 4.55. The van der Waals surface area contributed by atoms with E-state index in [0.29, 0.717) is 31.5 Å². The number of Topliss-reactive ketones (excluding diaryl/α,β-unsaturated/α-hetero) is 1. The van der Waals surface area contributed by atoms with Crippen LogP contribution in [0.2, 0.25) is 0 Å². The molecular weight excluding hydrogens is 444 g/mol. The minimum absolute atomic E-state index is 0.00132. The topological polar surface area (TPSA) is 137 Å². The van der Waals surface area contributed by atoms with E-state index in [4.69, 9.17) is 16.2 Å². The van der Waals surface area contributed by atoms with Crippen molar-refractivity contribution in [3.63, 3.8) is 0 Å². The number of nitrogens with one attached hydrogen (secondary N) is 2. The van der Waals surface area contributed by atoms with Crippen LogP contribution in [0.5, 0.6) is 0 Å². The fraction of sp³-hybridized carbons (Fsp3) is 0.407.